The van der Waals surface area contributed by atoms with E-state index in [2.05, 4.69) is 10.0 Å². The summed E-state index contributed by atoms with van der Waals surface area (Å²) in [4.78, 5) is 42.2. The van der Waals surface area contributed by atoms with Crippen molar-refractivity contribution in [3.8, 4) is 11.1 Å². The molecule has 0 fully saturated rings. The second-order valence-corrected chi connectivity index (χ2v) is 7.49. The Bertz CT molecular complexity index is 1050. The molecule has 0 bridgehead atoms. The molecule has 0 saturated heterocycles. The molecule has 0 heterocycles. The largest absolute Gasteiger partial charge is 0.443 e. The summed E-state index contributed by atoms with van der Waals surface area (Å²) in [6, 6.07) is 11.9. The Labute approximate surface area is 167 Å². The van der Waals surface area contributed by atoms with Gasteiger partial charge in [-0.05, 0) is 37.9 Å². The number of hydrogen-bond donors (Lipinski definition) is 0. The maximum atomic E-state index is 13.3. The predicted molar refractivity (Wildman–Crippen MR) is 107 cm³/mol. The monoisotopic (exact) mass is 392 g/mol. The van der Waals surface area contributed by atoms with E-state index in [0.29, 0.717) is 22.3 Å². The summed E-state index contributed by atoms with van der Waals surface area (Å²) in [5.74, 6) is -0.781. The van der Waals surface area contributed by atoms with Crippen LogP contribution in [0, 0.1) is 0 Å². The molecule has 8 nitrogen and oxygen atoms in total. The first kappa shape index (κ1) is 20.1. The summed E-state index contributed by atoms with van der Waals surface area (Å²) >= 11 is 0. The number of hydrogen-bond acceptors (Lipinski definition) is 5. The normalized spacial score (nSPS) is 11.9. The first-order chi connectivity index (χ1) is 13.7. The van der Waals surface area contributed by atoms with Crippen LogP contribution in [0.25, 0.3) is 21.6 Å². The topological polar surface area (TPSA) is 112 Å². The van der Waals surface area contributed by atoms with Gasteiger partial charge in [0.25, 0.3) is 5.91 Å². The average Bonchev–Trinajstić information content (AvgIpc) is 2.96. The van der Waals surface area contributed by atoms with Gasteiger partial charge in [-0.2, -0.15) is 0 Å². The number of carbonyl (C=O) groups excluding carboxylic acids is 3. The van der Waals surface area contributed by atoms with Crippen LogP contribution in [-0.4, -0.2) is 41.4 Å². The summed E-state index contributed by atoms with van der Waals surface area (Å²) in [6.07, 6.45) is -0.842. The van der Waals surface area contributed by atoms with E-state index in [1.54, 1.807) is 63.2 Å². The van der Waals surface area contributed by atoms with Crippen molar-refractivity contribution >= 4 is 17.8 Å². The van der Waals surface area contributed by atoms with E-state index < -0.39 is 17.6 Å². The SMILES string of the molecule is CC(C)(C)OC(=O)N(CCN=[N+]=[N-])C(=O)c1cccc2c1-c1ccccc1C2=O. The van der Waals surface area contributed by atoms with Crippen LogP contribution in [0.1, 0.15) is 47.1 Å². The maximum Gasteiger partial charge on any atom is 0.417 e. The molecule has 0 atom stereocenters. The van der Waals surface area contributed by atoms with Gasteiger partial charge >= 0.3 is 6.09 Å². The Morgan fingerprint density at radius 3 is 2.38 bits per heavy atom. The minimum atomic E-state index is -0.842. The van der Waals surface area contributed by atoms with Gasteiger partial charge in [0.05, 0.1) is 0 Å². The molecule has 0 radical (unpaired) electrons. The van der Waals surface area contributed by atoms with E-state index >= 15 is 0 Å². The van der Waals surface area contributed by atoms with Gasteiger partial charge in [0.2, 0.25) is 0 Å². The zero-order valence-corrected chi connectivity index (χ0v) is 16.4. The van der Waals surface area contributed by atoms with Crippen LogP contribution in [0.15, 0.2) is 47.6 Å². The van der Waals surface area contributed by atoms with Crippen LogP contribution in [-0.2, 0) is 4.74 Å². The standard InChI is InChI=1S/C21H20N4O4/c1-21(2,3)29-20(28)25(12-11-23-24-22)19(27)16-10-6-9-15-17(16)13-7-4-5-8-14(13)18(15)26/h4-10H,11-12H2,1-3H3. The van der Waals surface area contributed by atoms with Crippen LogP contribution in [0.3, 0.4) is 0 Å². The van der Waals surface area contributed by atoms with Gasteiger partial charge in [-0.15, -0.1) is 0 Å². The lowest BCUT2D eigenvalue weighted by Gasteiger charge is -2.26. The number of carbonyl (C=O) groups is 3. The van der Waals surface area contributed by atoms with Gasteiger partial charge in [-0.1, -0.05) is 41.5 Å². The molecular formula is C21H20N4O4. The molecule has 0 unspecified atom stereocenters. The van der Waals surface area contributed by atoms with Crippen LogP contribution < -0.4 is 0 Å². The highest BCUT2D eigenvalue weighted by molar-refractivity contribution is 6.25. The molecule has 1 aliphatic rings. The smallest absolute Gasteiger partial charge is 0.417 e. The summed E-state index contributed by atoms with van der Waals surface area (Å²) in [5, 5.41) is 3.41. The molecule has 0 aromatic heterocycles. The number of fused-ring (bicyclic) bond motifs is 3. The highest BCUT2D eigenvalue weighted by atomic mass is 16.6. The van der Waals surface area contributed by atoms with E-state index in [0.717, 1.165) is 4.90 Å². The summed E-state index contributed by atoms with van der Waals surface area (Å²) in [6.45, 7) is 4.84. The molecule has 8 heteroatoms. The Kier molecular flexibility index (Phi) is 5.39. The average molecular weight is 392 g/mol. The fourth-order valence-electron chi connectivity index (χ4n) is 3.18. The van der Waals surface area contributed by atoms with Crippen LogP contribution >= 0.6 is 0 Å². The van der Waals surface area contributed by atoms with Gasteiger partial charge in [-0.3, -0.25) is 9.59 Å². The summed E-state index contributed by atoms with van der Waals surface area (Å²) in [7, 11) is 0. The Morgan fingerprint density at radius 1 is 1.07 bits per heavy atom. The van der Waals surface area contributed by atoms with Gasteiger partial charge in [0.15, 0.2) is 5.78 Å². The quantitative estimate of drug-likeness (QED) is 0.367. The molecule has 0 aliphatic heterocycles. The third-order valence-corrected chi connectivity index (χ3v) is 4.33. The van der Waals surface area contributed by atoms with Crippen LogP contribution in [0.4, 0.5) is 4.79 Å². The number of benzene rings is 2. The van der Waals surface area contributed by atoms with Crippen molar-refractivity contribution in [3.63, 3.8) is 0 Å². The minimum Gasteiger partial charge on any atom is -0.443 e. The van der Waals surface area contributed by atoms with Crippen molar-refractivity contribution in [2.24, 2.45) is 5.11 Å². The lowest BCUT2D eigenvalue weighted by Crippen LogP contribution is -2.42. The lowest BCUT2D eigenvalue weighted by molar-refractivity contribution is 0.0246. The first-order valence-electron chi connectivity index (χ1n) is 9.07. The molecule has 0 N–H and O–H groups in total. The van der Waals surface area contributed by atoms with Crippen molar-refractivity contribution in [2.45, 2.75) is 26.4 Å². The number of amides is 2. The number of ether oxygens (including phenoxy) is 1. The number of imide groups is 1. The van der Waals surface area contributed by atoms with Crippen LogP contribution in [0.2, 0.25) is 0 Å². The van der Waals surface area contributed by atoms with E-state index in [1.165, 1.54) is 0 Å². The molecule has 2 aromatic carbocycles. The highest BCUT2D eigenvalue weighted by Crippen LogP contribution is 2.39. The Morgan fingerprint density at radius 2 is 1.72 bits per heavy atom. The number of nitrogens with zero attached hydrogens (tertiary/aromatic N) is 4. The number of rotatable bonds is 4. The third kappa shape index (κ3) is 3.97. The van der Waals surface area contributed by atoms with E-state index in [9.17, 15) is 14.4 Å². The second kappa shape index (κ2) is 7.77. The molecule has 0 spiro atoms. The fraction of sp³-hybridized carbons (Fsp3) is 0.286. The van der Waals surface area contributed by atoms with E-state index in [1.807, 2.05) is 0 Å². The zero-order valence-electron chi connectivity index (χ0n) is 16.4. The minimum absolute atomic E-state index is 0.0912. The van der Waals surface area contributed by atoms with E-state index in [-0.39, 0.29) is 24.4 Å². The summed E-state index contributed by atoms with van der Waals surface area (Å²) < 4.78 is 5.35. The summed E-state index contributed by atoms with van der Waals surface area (Å²) in [5.41, 5.74) is 10.0. The molecule has 1 aliphatic carbocycles. The van der Waals surface area contributed by atoms with Crippen molar-refractivity contribution < 1.29 is 19.1 Å². The lowest BCUT2D eigenvalue weighted by atomic mass is 9.98. The molecule has 2 aromatic rings. The van der Waals surface area contributed by atoms with Gasteiger partial charge in [0.1, 0.15) is 5.60 Å². The number of ketones is 1. The first-order valence-corrected chi connectivity index (χ1v) is 9.07. The molecular weight excluding hydrogens is 372 g/mol. The molecule has 0 saturated carbocycles. The van der Waals surface area contributed by atoms with Crippen molar-refractivity contribution in [3.05, 3.63) is 69.6 Å². The molecule has 148 valence electrons. The van der Waals surface area contributed by atoms with Crippen LogP contribution in [0.5, 0.6) is 0 Å². The maximum absolute atomic E-state index is 13.3. The van der Waals surface area contributed by atoms with E-state index in [4.69, 9.17) is 10.3 Å². The van der Waals surface area contributed by atoms with Crippen molar-refractivity contribution in [1.29, 1.82) is 0 Å². The van der Waals surface area contributed by atoms with Crippen molar-refractivity contribution in [1.82, 2.24) is 4.90 Å². The predicted octanol–water partition coefficient (Wildman–Crippen LogP) is 4.59. The fourth-order valence-corrected chi connectivity index (χ4v) is 3.18. The van der Waals surface area contributed by atoms with Gasteiger partial charge < -0.3 is 4.74 Å². The van der Waals surface area contributed by atoms with Crippen molar-refractivity contribution in [2.75, 3.05) is 13.1 Å². The Balaban J connectivity index is 2.05. The molecule has 29 heavy (non-hydrogen) atoms. The van der Waals surface area contributed by atoms with Gasteiger partial charge in [-0.25, -0.2) is 9.69 Å². The zero-order chi connectivity index (χ0) is 21.2. The second-order valence-electron chi connectivity index (χ2n) is 7.49. The number of azide groups is 1. The Hall–Kier alpha value is -3.64. The molecule has 2 amide bonds. The van der Waals surface area contributed by atoms with Gasteiger partial charge in [0, 0.05) is 40.3 Å². The third-order valence-electron chi connectivity index (χ3n) is 4.33. The molecule has 3 rings (SSSR count). The highest BCUT2D eigenvalue weighted by Gasteiger charge is 2.34.